The normalized spacial score (nSPS) is 14.6. The van der Waals surface area contributed by atoms with E-state index in [1.807, 2.05) is 0 Å². The van der Waals surface area contributed by atoms with Crippen LogP contribution in [0.1, 0.15) is 29.6 Å². The Hall–Kier alpha value is -1.96. The maximum atomic E-state index is 12.9. The molecule has 1 N–H and O–H groups in total. The third-order valence-electron chi connectivity index (χ3n) is 4.53. The fourth-order valence-electron chi connectivity index (χ4n) is 3.06. The standard InChI is InChI=1S/C19H20Cl2N2O4S/c1-27-18-8-6-14(12-15(18)19(24)23-9-3-2-4-10-23)28(25,26)22-13-5-7-16(20)17(21)11-13/h5-8,11-12,22H,2-4,9-10H2,1H3. The highest BCUT2D eigenvalue weighted by atomic mass is 35.5. The molecule has 1 heterocycles. The topological polar surface area (TPSA) is 75.7 Å². The number of nitrogens with one attached hydrogen (secondary N) is 1. The lowest BCUT2D eigenvalue weighted by Gasteiger charge is -2.27. The summed E-state index contributed by atoms with van der Waals surface area (Å²) in [5.41, 5.74) is 0.496. The van der Waals surface area contributed by atoms with E-state index in [-0.39, 0.29) is 27.1 Å². The van der Waals surface area contributed by atoms with Gasteiger partial charge < -0.3 is 9.64 Å². The van der Waals surface area contributed by atoms with Gasteiger partial charge in [0.25, 0.3) is 15.9 Å². The molecule has 0 radical (unpaired) electrons. The summed E-state index contributed by atoms with van der Waals surface area (Å²) in [7, 11) is -2.48. The Morgan fingerprint density at radius 1 is 1.04 bits per heavy atom. The number of sulfonamides is 1. The van der Waals surface area contributed by atoms with Gasteiger partial charge in [-0.3, -0.25) is 9.52 Å². The number of ether oxygens (including phenoxy) is 1. The molecule has 1 amide bonds. The van der Waals surface area contributed by atoms with Gasteiger partial charge in [0.05, 0.1) is 33.3 Å². The van der Waals surface area contributed by atoms with E-state index in [0.29, 0.717) is 23.9 Å². The fraction of sp³-hybridized carbons (Fsp3) is 0.316. The van der Waals surface area contributed by atoms with E-state index < -0.39 is 10.0 Å². The van der Waals surface area contributed by atoms with Crippen molar-refractivity contribution in [3.63, 3.8) is 0 Å². The molecule has 1 fully saturated rings. The monoisotopic (exact) mass is 442 g/mol. The van der Waals surface area contributed by atoms with Crippen molar-refractivity contribution in [3.8, 4) is 5.75 Å². The van der Waals surface area contributed by atoms with Crippen LogP contribution in [0.5, 0.6) is 5.75 Å². The van der Waals surface area contributed by atoms with Crippen LogP contribution < -0.4 is 9.46 Å². The summed E-state index contributed by atoms with van der Waals surface area (Å²) < 4.78 is 33.3. The van der Waals surface area contributed by atoms with Gasteiger partial charge >= 0.3 is 0 Å². The maximum absolute atomic E-state index is 12.9. The number of anilines is 1. The van der Waals surface area contributed by atoms with Gasteiger partial charge in [0.15, 0.2) is 0 Å². The third-order valence-corrected chi connectivity index (χ3v) is 6.64. The lowest BCUT2D eigenvalue weighted by atomic mass is 10.1. The largest absolute Gasteiger partial charge is 0.496 e. The molecule has 0 unspecified atom stereocenters. The predicted molar refractivity (Wildman–Crippen MR) is 110 cm³/mol. The number of benzene rings is 2. The van der Waals surface area contributed by atoms with E-state index in [1.54, 1.807) is 4.90 Å². The number of hydrogen-bond acceptors (Lipinski definition) is 4. The minimum atomic E-state index is -3.93. The lowest BCUT2D eigenvalue weighted by molar-refractivity contribution is 0.0720. The molecule has 0 aromatic heterocycles. The van der Waals surface area contributed by atoms with Crippen molar-refractivity contribution in [1.82, 2.24) is 4.90 Å². The molecule has 2 aromatic rings. The summed E-state index contributed by atoms with van der Waals surface area (Å²) in [4.78, 5) is 14.6. The van der Waals surface area contributed by atoms with Crippen LogP contribution in [0.2, 0.25) is 10.0 Å². The highest BCUT2D eigenvalue weighted by molar-refractivity contribution is 7.92. The van der Waals surface area contributed by atoms with Crippen molar-refractivity contribution in [1.29, 1.82) is 0 Å². The number of nitrogens with zero attached hydrogens (tertiary/aromatic N) is 1. The summed E-state index contributed by atoms with van der Waals surface area (Å²) in [6, 6.07) is 8.66. The van der Waals surface area contributed by atoms with Crippen molar-refractivity contribution >= 4 is 44.8 Å². The van der Waals surface area contributed by atoms with Gasteiger partial charge in [-0.1, -0.05) is 23.2 Å². The van der Waals surface area contributed by atoms with Crippen LogP contribution >= 0.6 is 23.2 Å². The predicted octanol–water partition coefficient (Wildman–Crippen LogP) is 4.43. The summed E-state index contributed by atoms with van der Waals surface area (Å²) in [6.07, 6.45) is 2.96. The van der Waals surface area contributed by atoms with Gasteiger partial charge in [-0.25, -0.2) is 8.42 Å². The van der Waals surface area contributed by atoms with E-state index in [4.69, 9.17) is 27.9 Å². The zero-order valence-electron chi connectivity index (χ0n) is 15.2. The zero-order valence-corrected chi connectivity index (χ0v) is 17.6. The quantitative estimate of drug-likeness (QED) is 0.742. The average Bonchev–Trinajstić information content (AvgIpc) is 2.70. The molecule has 0 bridgehead atoms. The van der Waals surface area contributed by atoms with Crippen LogP contribution in [0.15, 0.2) is 41.3 Å². The molecule has 0 aliphatic carbocycles. The van der Waals surface area contributed by atoms with Crippen molar-refractivity contribution in [2.24, 2.45) is 0 Å². The molecular weight excluding hydrogens is 423 g/mol. The molecule has 0 saturated carbocycles. The van der Waals surface area contributed by atoms with Crippen molar-refractivity contribution < 1.29 is 17.9 Å². The highest BCUT2D eigenvalue weighted by Crippen LogP contribution is 2.29. The van der Waals surface area contributed by atoms with Gasteiger partial charge in [-0.2, -0.15) is 0 Å². The average molecular weight is 443 g/mol. The first-order chi connectivity index (χ1) is 13.3. The molecule has 2 aromatic carbocycles. The minimum absolute atomic E-state index is 0.0419. The van der Waals surface area contributed by atoms with Crippen molar-refractivity contribution in [3.05, 3.63) is 52.0 Å². The Morgan fingerprint density at radius 2 is 1.75 bits per heavy atom. The van der Waals surface area contributed by atoms with Crippen molar-refractivity contribution in [2.75, 3.05) is 24.9 Å². The number of piperidine rings is 1. The van der Waals surface area contributed by atoms with Gasteiger partial charge in [0.1, 0.15) is 5.75 Å². The number of amides is 1. The van der Waals surface area contributed by atoms with Crippen LogP contribution in [-0.2, 0) is 10.0 Å². The second kappa shape index (κ2) is 8.59. The Bertz CT molecular complexity index is 989. The summed E-state index contributed by atoms with van der Waals surface area (Å²) in [5, 5.41) is 0.557. The molecule has 150 valence electrons. The van der Waals surface area contributed by atoms with Gasteiger partial charge in [-0.05, 0) is 55.7 Å². The second-order valence-electron chi connectivity index (χ2n) is 6.45. The van der Waals surface area contributed by atoms with Crippen molar-refractivity contribution in [2.45, 2.75) is 24.2 Å². The molecule has 6 nitrogen and oxygen atoms in total. The molecule has 1 aliphatic heterocycles. The Balaban J connectivity index is 1.92. The Morgan fingerprint density at radius 3 is 2.39 bits per heavy atom. The summed E-state index contributed by atoms with van der Waals surface area (Å²) >= 11 is 11.8. The van der Waals surface area contributed by atoms with Crippen LogP contribution in [0, 0.1) is 0 Å². The number of methoxy groups -OCH3 is 1. The Labute approximate surface area is 174 Å². The number of hydrogen-bond donors (Lipinski definition) is 1. The van der Waals surface area contributed by atoms with Gasteiger partial charge in [0.2, 0.25) is 0 Å². The first-order valence-electron chi connectivity index (χ1n) is 8.77. The molecule has 0 atom stereocenters. The molecule has 3 rings (SSSR count). The maximum Gasteiger partial charge on any atom is 0.261 e. The number of carbonyl (C=O) groups is 1. The van der Waals surface area contributed by atoms with E-state index in [9.17, 15) is 13.2 Å². The van der Waals surface area contributed by atoms with E-state index in [0.717, 1.165) is 19.3 Å². The molecule has 28 heavy (non-hydrogen) atoms. The van der Waals surface area contributed by atoms with E-state index in [1.165, 1.54) is 43.5 Å². The first-order valence-corrected chi connectivity index (χ1v) is 11.0. The van der Waals surface area contributed by atoms with Crippen LogP contribution in [-0.4, -0.2) is 39.4 Å². The highest BCUT2D eigenvalue weighted by Gasteiger charge is 2.24. The number of carbonyl (C=O) groups excluding carboxylic acids is 1. The number of likely N-dealkylation sites (tertiary alicyclic amines) is 1. The van der Waals surface area contributed by atoms with Gasteiger partial charge in [0, 0.05) is 13.1 Å². The molecule has 9 heteroatoms. The van der Waals surface area contributed by atoms with E-state index in [2.05, 4.69) is 4.72 Å². The van der Waals surface area contributed by atoms with Crippen LogP contribution in [0.4, 0.5) is 5.69 Å². The summed E-state index contributed by atoms with van der Waals surface area (Å²) in [6.45, 7) is 1.31. The van der Waals surface area contributed by atoms with Crippen LogP contribution in [0.3, 0.4) is 0 Å². The lowest BCUT2D eigenvalue weighted by Crippen LogP contribution is -2.35. The SMILES string of the molecule is COc1ccc(S(=O)(=O)Nc2ccc(Cl)c(Cl)c2)cc1C(=O)N1CCCCC1. The molecular formula is C19H20Cl2N2O4S. The van der Waals surface area contributed by atoms with Crippen LogP contribution in [0.25, 0.3) is 0 Å². The summed E-state index contributed by atoms with van der Waals surface area (Å²) in [5.74, 6) is 0.104. The molecule has 1 aliphatic rings. The Kier molecular flexibility index (Phi) is 6.37. The number of halogens is 2. The van der Waals surface area contributed by atoms with E-state index >= 15 is 0 Å². The fourth-order valence-corrected chi connectivity index (χ4v) is 4.44. The molecule has 0 spiro atoms. The number of rotatable bonds is 5. The smallest absolute Gasteiger partial charge is 0.261 e. The third kappa shape index (κ3) is 4.54. The minimum Gasteiger partial charge on any atom is -0.496 e. The first kappa shape index (κ1) is 20.8. The second-order valence-corrected chi connectivity index (χ2v) is 8.95. The van der Waals surface area contributed by atoms with Gasteiger partial charge in [-0.15, -0.1) is 0 Å². The zero-order chi connectivity index (χ0) is 20.3. The molecule has 1 saturated heterocycles.